The molecule has 3 heteroatoms. The summed E-state index contributed by atoms with van der Waals surface area (Å²) in [5, 5.41) is 10.1. The summed E-state index contributed by atoms with van der Waals surface area (Å²) in [4.78, 5) is 12.3. The first kappa shape index (κ1) is 16.6. The molecule has 0 aromatic carbocycles. The van der Waals surface area contributed by atoms with Crippen LogP contribution in [0.4, 0.5) is 0 Å². The lowest BCUT2D eigenvalue weighted by molar-refractivity contribution is -0.149. The number of hydrogen-bond donors (Lipinski definition) is 1. The van der Waals surface area contributed by atoms with Crippen LogP contribution in [0.5, 0.6) is 0 Å². The first-order valence-corrected chi connectivity index (χ1v) is 9.85. The van der Waals surface area contributed by atoms with Gasteiger partial charge in [-0.25, -0.2) is 0 Å². The average molecular weight is 332 g/mol. The van der Waals surface area contributed by atoms with E-state index in [0.29, 0.717) is 29.1 Å². The summed E-state index contributed by atoms with van der Waals surface area (Å²) in [6.07, 6.45) is 12.5. The number of hydrogen-bond acceptors (Lipinski definition) is 3. The summed E-state index contributed by atoms with van der Waals surface area (Å²) in [5.74, 6) is 2.60. The maximum Gasteiger partial charge on any atom is 0.309 e. The van der Waals surface area contributed by atoms with E-state index in [4.69, 9.17) is 4.74 Å². The van der Waals surface area contributed by atoms with Crippen LogP contribution in [0.15, 0.2) is 12.2 Å². The molecule has 3 fully saturated rings. The third kappa shape index (κ3) is 2.16. The van der Waals surface area contributed by atoms with Gasteiger partial charge in [0.15, 0.2) is 0 Å². The molecule has 0 aliphatic heterocycles. The van der Waals surface area contributed by atoms with Gasteiger partial charge >= 0.3 is 5.97 Å². The molecule has 0 spiro atoms. The first-order valence-electron chi connectivity index (χ1n) is 9.85. The van der Waals surface area contributed by atoms with E-state index < -0.39 is 0 Å². The van der Waals surface area contributed by atoms with Crippen molar-refractivity contribution in [3.05, 3.63) is 12.2 Å². The van der Waals surface area contributed by atoms with Gasteiger partial charge in [0.2, 0.25) is 0 Å². The number of esters is 1. The number of ether oxygens (including phenoxy) is 1. The summed E-state index contributed by atoms with van der Waals surface area (Å²) in [5.41, 5.74) is 0.314. The molecule has 8 atom stereocenters. The number of carbonyl (C=O) groups is 1. The maximum absolute atomic E-state index is 12.3. The Bertz CT molecular complexity index is 555. The van der Waals surface area contributed by atoms with Crippen molar-refractivity contribution in [3.8, 4) is 0 Å². The molecule has 1 N–H and O–H groups in total. The van der Waals surface area contributed by atoms with E-state index in [2.05, 4.69) is 26.0 Å². The van der Waals surface area contributed by atoms with Gasteiger partial charge in [-0.1, -0.05) is 26.0 Å². The van der Waals surface area contributed by atoms with Crippen molar-refractivity contribution in [2.24, 2.45) is 40.4 Å². The summed E-state index contributed by atoms with van der Waals surface area (Å²) in [7, 11) is 1.52. The molecule has 0 aromatic rings. The van der Waals surface area contributed by atoms with E-state index in [9.17, 15) is 9.90 Å². The fraction of sp³-hybridized carbons (Fsp3) is 0.857. The molecule has 0 unspecified atom stereocenters. The molecule has 0 radical (unpaired) electrons. The summed E-state index contributed by atoms with van der Waals surface area (Å²) >= 11 is 0. The number of methoxy groups -OCH3 is 1. The van der Waals surface area contributed by atoms with E-state index in [1.54, 1.807) is 0 Å². The Hall–Kier alpha value is -0.830. The largest absolute Gasteiger partial charge is 0.469 e. The Balaban J connectivity index is 1.66. The second-order valence-corrected chi connectivity index (χ2v) is 9.38. The SMILES string of the molecule is COC(=O)[C@@H]1CC[C@@H]2[C@H]3CC[C@H]4C[C@H](O)CC[C@]4(C)[C@@H]3C=C[C@]21C. The van der Waals surface area contributed by atoms with E-state index in [0.717, 1.165) is 32.1 Å². The van der Waals surface area contributed by atoms with Crippen LogP contribution in [0.25, 0.3) is 0 Å². The predicted molar refractivity (Wildman–Crippen MR) is 93.1 cm³/mol. The lowest BCUT2D eigenvalue weighted by Gasteiger charge is -2.58. The first-order chi connectivity index (χ1) is 11.4. The number of allylic oxidation sites excluding steroid dienone is 2. The fourth-order valence-corrected chi connectivity index (χ4v) is 7.13. The number of aliphatic hydroxyl groups excluding tert-OH is 1. The number of aliphatic hydroxyl groups is 1. The van der Waals surface area contributed by atoms with Gasteiger partial charge in [-0.15, -0.1) is 0 Å². The van der Waals surface area contributed by atoms with Gasteiger partial charge < -0.3 is 9.84 Å². The number of rotatable bonds is 1. The van der Waals surface area contributed by atoms with Crippen LogP contribution < -0.4 is 0 Å². The van der Waals surface area contributed by atoms with Crippen LogP contribution in [0.1, 0.15) is 58.8 Å². The highest BCUT2D eigenvalue weighted by atomic mass is 16.5. The Morgan fingerprint density at radius 1 is 1.17 bits per heavy atom. The molecule has 4 aliphatic carbocycles. The smallest absolute Gasteiger partial charge is 0.309 e. The fourth-order valence-electron chi connectivity index (χ4n) is 7.13. The predicted octanol–water partition coefficient (Wildman–Crippen LogP) is 3.96. The van der Waals surface area contributed by atoms with Gasteiger partial charge in [0, 0.05) is 5.41 Å². The van der Waals surface area contributed by atoms with Gasteiger partial charge in [-0.2, -0.15) is 0 Å². The van der Waals surface area contributed by atoms with E-state index in [1.165, 1.54) is 20.0 Å². The molecule has 0 aromatic heterocycles. The molecule has 134 valence electrons. The minimum Gasteiger partial charge on any atom is -0.469 e. The molecule has 24 heavy (non-hydrogen) atoms. The monoisotopic (exact) mass is 332 g/mol. The second kappa shape index (κ2) is 5.59. The number of fused-ring (bicyclic) bond motifs is 5. The quantitative estimate of drug-likeness (QED) is 0.584. The number of carbonyl (C=O) groups excluding carboxylic acids is 1. The zero-order valence-electron chi connectivity index (χ0n) is 15.3. The van der Waals surface area contributed by atoms with Gasteiger partial charge in [0.05, 0.1) is 19.1 Å². The molecule has 4 aliphatic rings. The molecule has 0 amide bonds. The van der Waals surface area contributed by atoms with Crippen LogP contribution >= 0.6 is 0 Å². The topological polar surface area (TPSA) is 46.5 Å². The van der Waals surface area contributed by atoms with Gasteiger partial charge in [0.25, 0.3) is 0 Å². The van der Waals surface area contributed by atoms with Gasteiger partial charge in [-0.05, 0) is 74.0 Å². The maximum atomic E-state index is 12.3. The van der Waals surface area contributed by atoms with Crippen molar-refractivity contribution in [2.45, 2.75) is 64.9 Å². The molecule has 0 saturated heterocycles. The zero-order valence-corrected chi connectivity index (χ0v) is 15.3. The van der Waals surface area contributed by atoms with Gasteiger partial charge in [-0.3, -0.25) is 4.79 Å². The minimum absolute atomic E-state index is 0.0222. The highest BCUT2D eigenvalue weighted by molar-refractivity contribution is 5.74. The normalized spacial score (nSPS) is 53.0. The lowest BCUT2D eigenvalue weighted by atomic mass is 9.47. The Morgan fingerprint density at radius 2 is 1.96 bits per heavy atom. The van der Waals surface area contributed by atoms with Crippen molar-refractivity contribution in [1.29, 1.82) is 0 Å². The molecule has 0 heterocycles. The average Bonchev–Trinajstić information content (AvgIpc) is 2.92. The summed E-state index contributed by atoms with van der Waals surface area (Å²) in [6, 6.07) is 0. The van der Waals surface area contributed by atoms with Crippen molar-refractivity contribution in [2.75, 3.05) is 7.11 Å². The van der Waals surface area contributed by atoms with Crippen LogP contribution in [-0.2, 0) is 9.53 Å². The highest BCUT2D eigenvalue weighted by Crippen LogP contribution is 2.65. The Kier molecular flexibility index (Phi) is 3.87. The van der Waals surface area contributed by atoms with Crippen LogP contribution in [-0.4, -0.2) is 24.3 Å². The molecule has 3 nitrogen and oxygen atoms in total. The highest BCUT2D eigenvalue weighted by Gasteiger charge is 2.59. The minimum atomic E-state index is -0.0901. The van der Waals surface area contributed by atoms with Crippen LogP contribution in [0.2, 0.25) is 0 Å². The van der Waals surface area contributed by atoms with E-state index >= 15 is 0 Å². The molecule has 0 bridgehead atoms. The molecule has 3 saturated carbocycles. The van der Waals surface area contributed by atoms with Crippen LogP contribution in [0, 0.1) is 40.4 Å². The van der Waals surface area contributed by atoms with Crippen molar-refractivity contribution in [1.82, 2.24) is 0 Å². The Morgan fingerprint density at radius 3 is 2.71 bits per heavy atom. The molecule has 4 rings (SSSR count). The van der Waals surface area contributed by atoms with Gasteiger partial charge in [0.1, 0.15) is 0 Å². The van der Waals surface area contributed by atoms with E-state index in [-0.39, 0.29) is 23.4 Å². The summed E-state index contributed by atoms with van der Waals surface area (Å²) < 4.78 is 5.10. The third-order valence-electron chi connectivity index (χ3n) is 8.56. The standard InChI is InChI=1S/C21H32O3/c1-20-10-8-14(22)12-13(20)4-5-15-16-6-7-18(19(23)24-3)21(16,2)11-9-17(15)20/h9,11,13-18,22H,4-8,10,12H2,1-3H3/t13-,14+,15+,16+,17+,18-,20-,21+/m0/s1. The zero-order chi connectivity index (χ0) is 17.1. The summed E-state index contributed by atoms with van der Waals surface area (Å²) in [6.45, 7) is 4.76. The van der Waals surface area contributed by atoms with Crippen molar-refractivity contribution >= 4 is 5.97 Å². The van der Waals surface area contributed by atoms with E-state index in [1.807, 2.05) is 0 Å². The second-order valence-electron chi connectivity index (χ2n) is 9.38. The van der Waals surface area contributed by atoms with Crippen LogP contribution in [0.3, 0.4) is 0 Å². The lowest BCUT2D eigenvalue weighted by Crippen LogP contribution is -2.52. The van der Waals surface area contributed by atoms with Crippen molar-refractivity contribution in [3.63, 3.8) is 0 Å². The Labute approximate surface area is 145 Å². The third-order valence-corrected chi connectivity index (χ3v) is 8.56. The van der Waals surface area contributed by atoms with Crippen molar-refractivity contribution < 1.29 is 14.6 Å². The molecular formula is C21H32O3. The molecular weight excluding hydrogens is 300 g/mol.